The molecule has 0 amide bonds. The molecule has 6 nitrogen and oxygen atoms in total. The number of aryl methyl sites for hydroxylation is 2. The molecule has 7 heteroatoms. The zero-order valence-corrected chi connectivity index (χ0v) is 19.9. The maximum absolute atomic E-state index is 11.5. The molecule has 4 rings (SSSR count). The predicted octanol–water partition coefficient (Wildman–Crippen LogP) is 0.707. The Balaban J connectivity index is 0.00000272. The van der Waals surface area contributed by atoms with Crippen LogP contribution in [0.1, 0.15) is 22.3 Å². The van der Waals surface area contributed by atoms with Gasteiger partial charge in [0.15, 0.2) is 5.69 Å². The average Bonchev–Trinajstić information content (AvgIpc) is 3.04. The number of hydrogen-bond acceptors (Lipinski definition) is 4. The topological polar surface area (TPSA) is 78.3 Å². The standard InChI is InChI=1S/C24H23N3O3.Na/c1-16-5-3-6-17(2)22(16)20-8-4-7-19(13-20)14-25-21-11-9-18(10-12-21)15-27-23(28)26-24(29)30-27;/h3-13,25H,14-15H2,1-2H3,(H,26,28,29);/q;+1/p-1. The Bertz CT molecular complexity index is 1270. The molecule has 0 atom stereocenters. The third-order valence-corrected chi connectivity index (χ3v) is 5.06. The second-order valence-corrected chi connectivity index (χ2v) is 7.31. The fraction of sp³-hybridized carbons (Fsp3) is 0.167. The first kappa shape index (κ1) is 22.9. The molecule has 0 saturated carbocycles. The Kier molecular flexibility index (Phi) is 7.38. The van der Waals surface area contributed by atoms with Gasteiger partial charge in [0.25, 0.3) is 0 Å². The van der Waals surface area contributed by atoms with Crippen LogP contribution in [0.15, 0.2) is 80.8 Å². The van der Waals surface area contributed by atoms with Crippen LogP contribution in [0.5, 0.6) is 0 Å². The van der Waals surface area contributed by atoms with E-state index in [1.165, 1.54) is 27.8 Å². The summed E-state index contributed by atoms with van der Waals surface area (Å²) in [6, 6.07) is 22.6. The van der Waals surface area contributed by atoms with E-state index in [2.05, 4.69) is 66.6 Å². The van der Waals surface area contributed by atoms with E-state index < -0.39 is 11.4 Å². The summed E-state index contributed by atoms with van der Waals surface area (Å²) in [4.78, 5) is 25.7. The molecule has 0 fully saturated rings. The smallest absolute Gasteiger partial charge is 0.421 e. The van der Waals surface area contributed by atoms with Crippen LogP contribution in [0.4, 0.5) is 5.69 Å². The molecule has 31 heavy (non-hydrogen) atoms. The van der Waals surface area contributed by atoms with Gasteiger partial charge in [-0.05, 0) is 65.4 Å². The van der Waals surface area contributed by atoms with E-state index >= 15 is 0 Å². The van der Waals surface area contributed by atoms with Gasteiger partial charge in [0, 0.05) is 18.8 Å². The normalized spacial score (nSPS) is 10.5. The van der Waals surface area contributed by atoms with E-state index in [1.807, 2.05) is 24.3 Å². The summed E-state index contributed by atoms with van der Waals surface area (Å²) in [5.41, 5.74) is 7.36. The van der Waals surface area contributed by atoms with E-state index in [9.17, 15) is 9.59 Å². The van der Waals surface area contributed by atoms with E-state index in [0.717, 1.165) is 16.0 Å². The summed E-state index contributed by atoms with van der Waals surface area (Å²) in [5, 5.41) is 3.42. The van der Waals surface area contributed by atoms with Crippen LogP contribution in [0.25, 0.3) is 11.1 Å². The zero-order valence-electron chi connectivity index (χ0n) is 17.9. The van der Waals surface area contributed by atoms with Crippen molar-refractivity contribution < 1.29 is 34.1 Å². The van der Waals surface area contributed by atoms with Crippen LogP contribution in [-0.2, 0) is 13.1 Å². The van der Waals surface area contributed by atoms with E-state index in [1.54, 1.807) is 0 Å². The molecule has 0 aliphatic rings. The summed E-state index contributed by atoms with van der Waals surface area (Å²) < 4.78 is 5.69. The number of hydrogen-bond donors (Lipinski definition) is 1. The fourth-order valence-electron chi connectivity index (χ4n) is 3.59. The number of benzene rings is 3. The van der Waals surface area contributed by atoms with Crippen LogP contribution in [0.3, 0.4) is 0 Å². The first-order valence-corrected chi connectivity index (χ1v) is 9.73. The molecular weight excluding hydrogens is 401 g/mol. The molecule has 0 aliphatic carbocycles. The van der Waals surface area contributed by atoms with Crippen molar-refractivity contribution in [1.29, 1.82) is 0 Å². The van der Waals surface area contributed by atoms with E-state index in [-0.39, 0.29) is 36.1 Å². The van der Waals surface area contributed by atoms with Crippen molar-refractivity contribution in [2.24, 2.45) is 0 Å². The number of nitrogens with one attached hydrogen (secondary N) is 1. The molecule has 1 N–H and O–H groups in total. The van der Waals surface area contributed by atoms with Crippen molar-refractivity contribution in [3.63, 3.8) is 0 Å². The van der Waals surface area contributed by atoms with Crippen LogP contribution in [-0.4, -0.2) is 4.74 Å². The molecule has 152 valence electrons. The molecule has 0 aliphatic heterocycles. The Morgan fingerprint density at radius 1 is 0.903 bits per heavy atom. The van der Waals surface area contributed by atoms with Crippen LogP contribution >= 0.6 is 0 Å². The number of aromatic nitrogens is 2. The van der Waals surface area contributed by atoms with Gasteiger partial charge in [0.2, 0.25) is 0 Å². The number of anilines is 1. The molecule has 0 spiro atoms. The quantitative estimate of drug-likeness (QED) is 0.462. The van der Waals surface area contributed by atoms with Gasteiger partial charge in [-0.25, -0.2) is 4.79 Å². The SMILES string of the molecule is Cc1cccc(C)c1-c1cccc(CNc2ccc(Cn3oc(=O)[n-]c3=O)cc2)c1.[Na+]. The van der Waals surface area contributed by atoms with Gasteiger partial charge in [-0.2, -0.15) is 0 Å². The molecule has 0 bridgehead atoms. The minimum absolute atomic E-state index is 0. The van der Waals surface area contributed by atoms with Crippen molar-refractivity contribution in [3.05, 3.63) is 110 Å². The molecule has 0 radical (unpaired) electrons. The van der Waals surface area contributed by atoms with Gasteiger partial charge in [-0.1, -0.05) is 48.5 Å². The summed E-state index contributed by atoms with van der Waals surface area (Å²) in [6.45, 7) is 5.14. The summed E-state index contributed by atoms with van der Waals surface area (Å²) in [7, 11) is 0. The monoisotopic (exact) mass is 423 g/mol. The molecule has 3 aromatic carbocycles. The maximum atomic E-state index is 11.5. The third kappa shape index (κ3) is 5.47. The third-order valence-electron chi connectivity index (χ3n) is 5.06. The summed E-state index contributed by atoms with van der Waals surface area (Å²) >= 11 is 0. The Labute approximate surface area is 202 Å². The van der Waals surface area contributed by atoms with E-state index in [0.29, 0.717) is 6.54 Å². The average molecular weight is 423 g/mol. The summed E-state index contributed by atoms with van der Waals surface area (Å²) in [6.07, 6.45) is 0. The van der Waals surface area contributed by atoms with Crippen LogP contribution in [0.2, 0.25) is 0 Å². The fourth-order valence-corrected chi connectivity index (χ4v) is 3.59. The van der Waals surface area contributed by atoms with Gasteiger partial charge in [0.05, 0.1) is 0 Å². The van der Waals surface area contributed by atoms with Crippen molar-refractivity contribution >= 4 is 5.69 Å². The Morgan fingerprint density at radius 2 is 1.58 bits per heavy atom. The molecule has 1 aromatic heterocycles. The first-order valence-electron chi connectivity index (χ1n) is 9.73. The summed E-state index contributed by atoms with van der Waals surface area (Å²) in [5.74, 6) is -0.874. The molecular formula is C24H22N3NaO3. The van der Waals surface area contributed by atoms with Crippen molar-refractivity contribution in [2.45, 2.75) is 26.9 Å². The number of nitrogens with zero attached hydrogens (tertiary/aromatic N) is 2. The maximum Gasteiger partial charge on any atom is 1.00 e. The van der Waals surface area contributed by atoms with Crippen molar-refractivity contribution in [2.75, 3.05) is 5.32 Å². The molecule has 4 aromatic rings. The van der Waals surface area contributed by atoms with Crippen LogP contribution < -0.4 is 51.3 Å². The van der Waals surface area contributed by atoms with Gasteiger partial charge in [0.1, 0.15) is 0 Å². The molecule has 0 unspecified atom stereocenters. The minimum Gasteiger partial charge on any atom is -0.421 e. The van der Waals surface area contributed by atoms with Gasteiger partial charge < -0.3 is 14.8 Å². The van der Waals surface area contributed by atoms with Crippen molar-refractivity contribution in [3.8, 4) is 11.1 Å². The Hall–Kier alpha value is -2.80. The number of rotatable bonds is 6. The van der Waals surface area contributed by atoms with E-state index in [4.69, 9.17) is 4.52 Å². The Morgan fingerprint density at radius 3 is 2.23 bits per heavy atom. The van der Waals surface area contributed by atoms with Crippen LogP contribution in [0, 0.1) is 13.8 Å². The minimum atomic E-state index is -0.874. The largest absolute Gasteiger partial charge is 1.00 e. The zero-order chi connectivity index (χ0) is 21.1. The molecule has 1 heterocycles. The van der Waals surface area contributed by atoms with Crippen molar-refractivity contribution in [1.82, 2.24) is 9.72 Å². The first-order chi connectivity index (χ1) is 14.5. The predicted molar refractivity (Wildman–Crippen MR) is 117 cm³/mol. The second-order valence-electron chi connectivity index (χ2n) is 7.31. The van der Waals surface area contributed by atoms with Gasteiger partial charge in [-0.15, -0.1) is 0 Å². The molecule has 0 saturated heterocycles. The van der Waals surface area contributed by atoms with Gasteiger partial charge >= 0.3 is 35.3 Å². The second kappa shape index (κ2) is 10.0. The van der Waals surface area contributed by atoms with Gasteiger partial charge in [-0.3, -0.25) is 9.53 Å².